The van der Waals surface area contributed by atoms with Gasteiger partial charge in [-0.15, -0.1) is 0 Å². The minimum Gasteiger partial charge on any atom is -0.462 e. The zero-order valence-electron chi connectivity index (χ0n) is 9.21. The summed E-state index contributed by atoms with van der Waals surface area (Å²) in [5, 5.41) is 9.09. The van der Waals surface area contributed by atoms with Crippen LogP contribution in [0.1, 0.15) is 35.3 Å². The summed E-state index contributed by atoms with van der Waals surface area (Å²) in [6, 6.07) is 5.45. The summed E-state index contributed by atoms with van der Waals surface area (Å²) in [7, 11) is 0. The van der Waals surface area contributed by atoms with Crippen LogP contribution in [0.2, 0.25) is 0 Å². The number of hydrogen-bond donors (Lipinski definition) is 0. The molecule has 0 N–H and O–H groups in total. The molecule has 0 aliphatic carbocycles. The van der Waals surface area contributed by atoms with E-state index >= 15 is 0 Å². The second kappa shape index (κ2) is 5.66. The molecule has 1 aromatic rings. The summed E-state index contributed by atoms with van der Waals surface area (Å²) >= 11 is 3.37. The number of ether oxygens (including phenoxy) is 1. The van der Waals surface area contributed by atoms with E-state index < -0.39 is 5.97 Å². The van der Waals surface area contributed by atoms with E-state index in [4.69, 9.17) is 10.00 Å². The molecule has 84 valence electrons. The fourth-order valence-electron chi connectivity index (χ4n) is 1.47. The van der Waals surface area contributed by atoms with Crippen molar-refractivity contribution >= 4 is 21.9 Å². The number of carbonyl (C=O) groups excluding carboxylic acids is 1. The van der Waals surface area contributed by atoms with Gasteiger partial charge in [0.25, 0.3) is 0 Å². The number of halogens is 1. The van der Waals surface area contributed by atoms with Crippen molar-refractivity contribution in [2.75, 3.05) is 6.61 Å². The standard InChI is InChI=1S/C12H12BrNO2/c1-3-8-10(7-14)9(5-6-11(8)13)12(15)16-4-2/h5-6H,3-4H2,1-2H3. The fourth-order valence-corrected chi connectivity index (χ4v) is 2.09. The average Bonchev–Trinajstić information content (AvgIpc) is 2.28. The van der Waals surface area contributed by atoms with Crippen LogP contribution in [0.3, 0.4) is 0 Å². The molecule has 16 heavy (non-hydrogen) atoms. The molecule has 0 aliphatic rings. The van der Waals surface area contributed by atoms with Gasteiger partial charge in [0, 0.05) is 4.47 Å². The first-order chi connectivity index (χ1) is 7.65. The average molecular weight is 282 g/mol. The Hall–Kier alpha value is -1.34. The molecule has 1 aromatic carbocycles. The Kier molecular flexibility index (Phi) is 4.51. The van der Waals surface area contributed by atoms with Crippen LogP contribution in [0.5, 0.6) is 0 Å². The molecule has 0 bridgehead atoms. The van der Waals surface area contributed by atoms with Crippen LogP contribution in [0.25, 0.3) is 0 Å². The van der Waals surface area contributed by atoms with Gasteiger partial charge in [0.05, 0.1) is 17.7 Å². The van der Waals surface area contributed by atoms with Crippen LogP contribution in [0.15, 0.2) is 16.6 Å². The van der Waals surface area contributed by atoms with Gasteiger partial charge in [0.1, 0.15) is 6.07 Å². The van der Waals surface area contributed by atoms with Gasteiger partial charge in [-0.1, -0.05) is 22.9 Å². The van der Waals surface area contributed by atoms with Gasteiger partial charge >= 0.3 is 5.97 Å². The number of rotatable bonds is 3. The van der Waals surface area contributed by atoms with Crippen molar-refractivity contribution in [1.29, 1.82) is 5.26 Å². The first-order valence-corrected chi connectivity index (χ1v) is 5.83. The van der Waals surface area contributed by atoms with Crippen LogP contribution in [0, 0.1) is 11.3 Å². The van der Waals surface area contributed by atoms with Crippen LogP contribution in [-0.4, -0.2) is 12.6 Å². The summed E-state index contributed by atoms with van der Waals surface area (Å²) in [5.74, 6) is -0.443. The summed E-state index contributed by atoms with van der Waals surface area (Å²) in [6.07, 6.45) is 0.691. The number of carbonyl (C=O) groups is 1. The predicted octanol–water partition coefficient (Wildman–Crippen LogP) is 3.06. The van der Waals surface area contributed by atoms with E-state index in [0.717, 1.165) is 10.0 Å². The molecule has 0 unspecified atom stereocenters. The maximum atomic E-state index is 11.6. The molecule has 0 saturated heterocycles. The third kappa shape index (κ3) is 2.42. The Morgan fingerprint density at radius 1 is 1.50 bits per heavy atom. The highest BCUT2D eigenvalue weighted by Crippen LogP contribution is 2.24. The molecule has 0 spiro atoms. The molecule has 3 nitrogen and oxygen atoms in total. The number of nitriles is 1. The van der Waals surface area contributed by atoms with Crippen LogP contribution < -0.4 is 0 Å². The summed E-state index contributed by atoms with van der Waals surface area (Å²) in [4.78, 5) is 11.6. The largest absolute Gasteiger partial charge is 0.462 e. The van der Waals surface area contributed by atoms with Crippen molar-refractivity contribution in [1.82, 2.24) is 0 Å². The molecule has 0 amide bonds. The van der Waals surface area contributed by atoms with E-state index in [-0.39, 0.29) is 0 Å². The lowest BCUT2D eigenvalue weighted by Gasteiger charge is -2.09. The van der Waals surface area contributed by atoms with Gasteiger partial charge in [0.15, 0.2) is 0 Å². The molecule has 0 saturated carbocycles. The Labute approximate surface area is 103 Å². The second-order valence-electron chi connectivity index (χ2n) is 3.13. The molecule has 0 aromatic heterocycles. The molecule has 1 rings (SSSR count). The normalized spacial score (nSPS) is 9.62. The lowest BCUT2D eigenvalue weighted by molar-refractivity contribution is 0.0526. The van der Waals surface area contributed by atoms with E-state index in [9.17, 15) is 4.79 Å². The molecule has 0 heterocycles. The molecule has 0 aliphatic heterocycles. The van der Waals surface area contributed by atoms with Crippen LogP contribution in [-0.2, 0) is 11.2 Å². The number of esters is 1. The first-order valence-electron chi connectivity index (χ1n) is 5.04. The second-order valence-corrected chi connectivity index (χ2v) is 3.99. The monoisotopic (exact) mass is 281 g/mol. The summed E-state index contributed by atoms with van der Waals surface area (Å²) < 4.78 is 5.75. The van der Waals surface area contributed by atoms with Gasteiger partial charge in [-0.2, -0.15) is 5.26 Å². The van der Waals surface area contributed by atoms with E-state index in [0.29, 0.717) is 24.2 Å². The SMILES string of the molecule is CCOC(=O)c1ccc(Br)c(CC)c1C#N. The van der Waals surface area contributed by atoms with Gasteiger partial charge in [-0.05, 0) is 31.0 Å². The Bertz CT molecular complexity index is 449. The third-order valence-electron chi connectivity index (χ3n) is 2.22. The van der Waals surface area contributed by atoms with E-state index in [1.54, 1.807) is 19.1 Å². The molecule has 0 radical (unpaired) electrons. The van der Waals surface area contributed by atoms with E-state index in [1.165, 1.54) is 0 Å². The molecule has 0 atom stereocenters. The smallest absolute Gasteiger partial charge is 0.339 e. The first kappa shape index (κ1) is 12.7. The van der Waals surface area contributed by atoms with Crippen molar-refractivity contribution in [2.45, 2.75) is 20.3 Å². The topological polar surface area (TPSA) is 50.1 Å². The fraction of sp³-hybridized carbons (Fsp3) is 0.333. The van der Waals surface area contributed by atoms with Crippen LogP contribution >= 0.6 is 15.9 Å². The maximum absolute atomic E-state index is 11.6. The number of hydrogen-bond acceptors (Lipinski definition) is 3. The highest BCUT2D eigenvalue weighted by molar-refractivity contribution is 9.10. The highest BCUT2D eigenvalue weighted by atomic mass is 79.9. The molecule has 0 fully saturated rings. The Morgan fingerprint density at radius 3 is 2.69 bits per heavy atom. The minimum atomic E-state index is -0.443. The number of nitrogens with zero attached hydrogens (tertiary/aromatic N) is 1. The lowest BCUT2D eigenvalue weighted by Crippen LogP contribution is -2.08. The maximum Gasteiger partial charge on any atom is 0.339 e. The quantitative estimate of drug-likeness (QED) is 0.800. The van der Waals surface area contributed by atoms with Gasteiger partial charge in [-0.25, -0.2) is 4.79 Å². The zero-order valence-corrected chi connectivity index (χ0v) is 10.8. The minimum absolute atomic E-state index is 0.307. The van der Waals surface area contributed by atoms with Gasteiger partial charge < -0.3 is 4.74 Å². The highest BCUT2D eigenvalue weighted by Gasteiger charge is 2.16. The molecular weight excluding hydrogens is 270 g/mol. The van der Waals surface area contributed by atoms with Crippen molar-refractivity contribution in [2.24, 2.45) is 0 Å². The van der Waals surface area contributed by atoms with Crippen molar-refractivity contribution in [3.8, 4) is 6.07 Å². The predicted molar refractivity (Wildman–Crippen MR) is 64.2 cm³/mol. The van der Waals surface area contributed by atoms with Crippen molar-refractivity contribution < 1.29 is 9.53 Å². The number of benzene rings is 1. The summed E-state index contributed by atoms with van der Waals surface area (Å²) in [6.45, 7) is 3.99. The Balaban J connectivity index is 3.31. The van der Waals surface area contributed by atoms with E-state index in [1.807, 2.05) is 6.92 Å². The third-order valence-corrected chi connectivity index (χ3v) is 2.96. The van der Waals surface area contributed by atoms with Gasteiger partial charge in [0.2, 0.25) is 0 Å². The van der Waals surface area contributed by atoms with Crippen molar-refractivity contribution in [3.63, 3.8) is 0 Å². The lowest BCUT2D eigenvalue weighted by atomic mass is 10.0. The Morgan fingerprint density at radius 2 is 2.19 bits per heavy atom. The molecule has 4 heteroatoms. The van der Waals surface area contributed by atoms with Crippen LogP contribution in [0.4, 0.5) is 0 Å². The van der Waals surface area contributed by atoms with Gasteiger partial charge in [-0.3, -0.25) is 0 Å². The van der Waals surface area contributed by atoms with E-state index in [2.05, 4.69) is 22.0 Å². The van der Waals surface area contributed by atoms with Crippen molar-refractivity contribution in [3.05, 3.63) is 33.3 Å². The zero-order chi connectivity index (χ0) is 12.1. The summed E-state index contributed by atoms with van der Waals surface area (Å²) in [5.41, 5.74) is 1.58. The molecular formula is C12H12BrNO2.